The van der Waals surface area contributed by atoms with Gasteiger partial charge in [-0.1, -0.05) is 0 Å². The summed E-state index contributed by atoms with van der Waals surface area (Å²) in [7, 11) is 0. The van der Waals surface area contributed by atoms with Crippen molar-refractivity contribution >= 4 is 5.91 Å². The molecule has 0 aromatic heterocycles. The maximum Gasteiger partial charge on any atom is 0.419 e. The molecule has 0 spiro atoms. The van der Waals surface area contributed by atoms with Gasteiger partial charge in [-0.2, -0.15) is 13.2 Å². The molecule has 1 aromatic carbocycles. The van der Waals surface area contributed by atoms with E-state index in [9.17, 15) is 27.5 Å². The van der Waals surface area contributed by atoms with Crippen molar-refractivity contribution in [3.63, 3.8) is 0 Å². The van der Waals surface area contributed by atoms with E-state index in [4.69, 9.17) is 0 Å². The third-order valence-electron chi connectivity index (χ3n) is 4.07. The fraction of sp³-hybridized carbons (Fsp3) is 0.500. The molecule has 0 bridgehead atoms. The lowest BCUT2D eigenvalue weighted by atomic mass is 9.88. The number of aliphatic hydroxyl groups is 1. The van der Waals surface area contributed by atoms with Crippen LogP contribution in [0, 0.1) is 11.7 Å². The molecule has 1 aliphatic carbocycles. The summed E-state index contributed by atoms with van der Waals surface area (Å²) in [6.07, 6.45) is -3.02. The number of alkyl halides is 3. The Balaban J connectivity index is 1.77. The molecule has 114 valence electrons. The average molecular weight is 303 g/mol. The minimum absolute atomic E-state index is 0.120. The van der Waals surface area contributed by atoms with Gasteiger partial charge in [0.25, 0.3) is 5.91 Å². The molecule has 0 atom stereocenters. The highest BCUT2D eigenvalue weighted by atomic mass is 19.4. The third kappa shape index (κ3) is 2.50. The van der Waals surface area contributed by atoms with Gasteiger partial charge in [0.2, 0.25) is 0 Å². The average Bonchev–Trinajstić information content (AvgIpc) is 3.17. The van der Waals surface area contributed by atoms with Crippen LogP contribution >= 0.6 is 0 Å². The second-order valence-corrected chi connectivity index (χ2v) is 5.73. The van der Waals surface area contributed by atoms with Gasteiger partial charge < -0.3 is 10.0 Å². The molecule has 0 unspecified atom stereocenters. The molecule has 1 aliphatic heterocycles. The first-order chi connectivity index (χ1) is 9.71. The van der Waals surface area contributed by atoms with Crippen molar-refractivity contribution in [3.8, 4) is 0 Å². The van der Waals surface area contributed by atoms with Crippen LogP contribution < -0.4 is 0 Å². The molecule has 1 aromatic rings. The fourth-order valence-electron chi connectivity index (χ4n) is 2.70. The van der Waals surface area contributed by atoms with Crippen LogP contribution in [-0.2, 0) is 6.18 Å². The van der Waals surface area contributed by atoms with Crippen LogP contribution in [0.3, 0.4) is 0 Å². The highest BCUT2D eigenvalue weighted by Crippen LogP contribution is 2.44. The van der Waals surface area contributed by atoms with Gasteiger partial charge in [0.1, 0.15) is 11.4 Å². The van der Waals surface area contributed by atoms with Gasteiger partial charge in [-0.05, 0) is 37.0 Å². The number of halogens is 4. The van der Waals surface area contributed by atoms with E-state index in [0.29, 0.717) is 12.1 Å². The number of carbonyl (C=O) groups excluding carboxylic acids is 1. The van der Waals surface area contributed by atoms with E-state index in [-0.39, 0.29) is 24.6 Å². The minimum atomic E-state index is -4.84. The maximum absolute atomic E-state index is 13.2. The number of amides is 1. The van der Waals surface area contributed by atoms with Gasteiger partial charge in [0.05, 0.1) is 18.7 Å². The van der Waals surface area contributed by atoms with E-state index in [0.717, 1.165) is 18.9 Å². The van der Waals surface area contributed by atoms with Crippen molar-refractivity contribution in [1.29, 1.82) is 0 Å². The molecule has 1 saturated carbocycles. The van der Waals surface area contributed by atoms with Crippen LogP contribution in [-0.4, -0.2) is 34.6 Å². The summed E-state index contributed by atoms with van der Waals surface area (Å²) in [5.74, 6) is -1.84. The Kier molecular flexibility index (Phi) is 3.02. The molecule has 1 saturated heterocycles. The Bertz CT molecular complexity index is 589. The molecular weight excluding hydrogens is 290 g/mol. The van der Waals surface area contributed by atoms with Crippen LogP contribution in [0.5, 0.6) is 0 Å². The van der Waals surface area contributed by atoms with E-state index >= 15 is 0 Å². The highest BCUT2D eigenvalue weighted by molar-refractivity contribution is 5.95. The summed E-state index contributed by atoms with van der Waals surface area (Å²) in [4.78, 5) is 13.4. The normalized spacial score (nSPS) is 21.1. The van der Waals surface area contributed by atoms with Crippen molar-refractivity contribution in [2.45, 2.75) is 24.6 Å². The number of nitrogens with zero attached hydrogens (tertiary/aromatic N) is 1. The molecule has 1 N–H and O–H groups in total. The van der Waals surface area contributed by atoms with Gasteiger partial charge in [-0.15, -0.1) is 0 Å². The molecule has 21 heavy (non-hydrogen) atoms. The predicted octanol–water partition coefficient (Wildman–Crippen LogP) is 2.44. The lowest BCUT2D eigenvalue weighted by molar-refractivity contribution is -0.140. The first-order valence-corrected chi connectivity index (χ1v) is 6.59. The number of rotatable bonds is 2. The number of β-amino-alcohol motifs (C(OH)–C–C–N with tert-alkyl or cyclic N) is 1. The number of benzene rings is 1. The lowest BCUT2D eigenvalue weighted by Gasteiger charge is -2.47. The second-order valence-electron chi connectivity index (χ2n) is 5.73. The first-order valence-electron chi connectivity index (χ1n) is 6.59. The molecule has 2 fully saturated rings. The van der Waals surface area contributed by atoms with Crippen molar-refractivity contribution in [2.75, 3.05) is 13.1 Å². The van der Waals surface area contributed by atoms with Crippen LogP contribution in [0.15, 0.2) is 18.2 Å². The van der Waals surface area contributed by atoms with Crippen molar-refractivity contribution < 1.29 is 27.5 Å². The van der Waals surface area contributed by atoms with Gasteiger partial charge in [-0.25, -0.2) is 4.39 Å². The van der Waals surface area contributed by atoms with Crippen molar-refractivity contribution in [2.24, 2.45) is 5.92 Å². The Hall–Kier alpha value is -1.63. The summed E-state index contributed by atoms with van der Waals surface area (Å²) in [6.45, 7) is 0.241. The molecule has 1 heterocycles. The van der Waals surface area contributed by atoms with E-state index in [1.807, 2.05) is 0 Å². The largest absolute Gasteiger partial charge is 0.419 e. The topological polar surface area (TPSA) is 40.5 Å². The quantitative estimate of drug-likeness (QED) is 0.853. The summed E-state index contributed by atoms with van der Waals surface area (Å²) in [5.41, 5.74) is -2.57. The second kappa shape index (κ2) is 4.43. The Morgan fingerprint density at radius 1 is 1.29 bits per heavy atom. The SMILES string of the molecule is O=C(c1ccc(F)c(C(F)(F)F)c1)N1CC(O)(C2CC2)C1. The summed E-state index contributed by atoms with van der Waals surface area (Å²) in [6, 6.07) is 2.19. The minimum Gasteiger partial charge on any atom is -0.386 e. The van der Waals surface area contributed by atoms with Gasteiger partial charge in [-0.3, -0.25) is 4.79 Å². The highest BCUT2D eigenvalue weighted by Gasteiger charge is 2.53. The summed E-state index contributed by atoms with van der Waals surface area (Å²) < 4.78 is 51.0. The van der Waals surface area contributed by atoms with Crippen LogP contribution in [0.25, 0.3) is 0 Å². The van der Waals surface area contributed by atoms with E-state index in [1.165, 1.54) is 4.90 Å². The maximum atomic E-state index is 13.2. The molecule has 2 aliphatic rings. The zero-order valence-corrected chi connectivity index (χ0v) is 11.0. The van der Waals surface area contributed by atoms with E-state index in [2.05, 4.69) is 0 Å². The number of carbonyl (C=O) groups is 1. The fourth-order valence-corrected chi connectivity index (χ4v) is 2.70. The molecule has 7 heteroatoms. The molecule has 1 amide bonds. The van der Waals surface area contributed by atoms with Gasteiger partial charge >= 0.3 is 6.18 Å². The monoisotopic (exact) mass is 303 g/mol. The van der Waals surface area contributed by atoms with Gasteiger partial charge in [0.15, 0.2) is 0 Å². The van der Waals surface area contributed by atoms with Crippen molar-refractivity contribution in [3.05, 3.63) is 35.1 Å². The molecule has 3 rings (SSSR count). The van der Waals surface area contributed by atoms with Crippen LogP contribution in [0.2, 0.25) is 0 Å². The molecule has 0 radical (unpaired) electrons. The van der Waals surface area contributed by atoms with Crippen LogP contribution in [0.4, 0.5) is 17.6 Å². The van der Waals surface area contributed by atoms with Gasteiger partial charge in [0, 0.05) is 5.56 Å². The Morgan fingerprint density at radius 2 is 1.90 bits per heavy atom. The standard InChI is InChI=1S/C14H13F4NO2/c15-11-4-1-8(5-10(11)14(16,17)18)12(20)19-6-13(21,7-19)9-2-3-9/h1,4-5,9,21H,2-3,6-7H2. The zero-order chi connectivity index (χ0) is 15.4. The predicted molar refractivity (Wildman–Crippen MR) is 65.0 cm³/mol. The summed E-state index contributed by atoms with van der Waals surface area (Å²) in [5, 5.41) is 10.1. The number of likely N-dealkylation sites (tertiary alicyclic amines) is 1. The molecule has 3 nitrogen and oxygen atoms in total. The van der Waals surface area contributed by atoms with E-state index < -0.39 is 29.1 Å². The lowest BCUT2D eigenvalue weighted by Crippen LogP contribution is -2.64. The van der Waals surface area contributed by atoms with Crippen molar-refractivity contribution in [1.82, 2.24) is 4.90 Å². The van der Waals surface area contributed by atoms with E-state index in [1.54, 1.807) is 0 Å². The summed E-state index contributed by atoms with van der Waals surface area (Å²) >= 11 is 0. The first kappa shape index (κ1) is 14.3. The Labute approximate surface area is 118 Å². The smallest absolute Gasteiger partial charge is 0.386 e. The third-order valence-corrected chi connectivity index (χ3v) is 4.07. The number of hydrogen-bond acceptors (Lipinski definition) is 2. The Morgan fingerprint density at radius 3 is 2.43 bits per heavy atom. The molecular formula is C14H13F4NO2. The van der Waals surface area contributed by atoms with Crippen LogP contribution in [0.1, 0.15) is 28.8 Å². The zero-order valence-electron chi connectivity index (χ0n) is 11.0. The number of hydrogen-bond donors (Lipinski definition) is 1.